The molecule has 1 aliphatic heterocycles. The second-order valence-corrected chi connectivity index (χ2v) is 5.22. The zero-order valence-corrected chi connectivity index (χ0v) is 12.4. The lowest BCUT2D eigenvalue weighted by Gasteiger charge is -2.40. The van der Waals surface area contributed by atoms with Crippen molar-refractivity contribution in [1.29, 1.82) is 0 Å². The molecule has 1 aromatic rings. The highest BCUT2D eigenvalue weighted by Crippen LogP contribution is 2.32. The fraction of sp³-hybridized carbons (Fsp3) is 0.625. The van der Waals surface area contributed by atoms with Crippen LogP contribution in [0.2, 0.25) is 0 Å². The van der Waals surface area contributed by atoms with Crippen molar-refractivity contribution in [1.82, 2.24) is 5.32 Å². The lowest BCUT2D eigenvalue weighted by Crippen LogP contribution is -2.47. The van der Waals surface area contributed by atoms with Gasteiger partial charge in [0.25, 0.3) is 0 Å². The largest absolute Gasteiger partial charge is 0.492 e. The number of para-hydroxylation sites is 2. The molecule has 0 radical (unpaired) electrons. The van der Waals surface area contributed by atoms with Crippen LogP contribution in [-0.4, -0.2) is 31.8 Å². The predicted octanol–water partition coefficient (Wildman–Crippen LogP) is 3.05. The molecule has 1 aliphatic rings. The fourth-order valence-electron chi connectivity index (χ4n) is 2.98. The molecule has 1 N–H and O–H groups in total. The molecule has 3 heteroatoms. The minimum absolute atomic E-state index is 0.555. The first-order valence-corrected chi connectivity index (χ1v) is 7.48. The van der Waals surface area contributed by atoms with E-state index < -0.39 is 0 Å². The first kappa shape index (κ1) is 14.2. The Hall–Kier alpha value is -1.22. The van der Waals surface area contributed by atoms with E-state index in [1.807, 2.05) is 13.0 Å². The van der Waals surface area contributed by atoms with Gasteiger partial charge in [-0.15, -0.1) is 0 Å². The van der Waals surface area contributed by atoms with Crippen molar-refractivity contribution in [2.45, 2.75) is 45.7 Å². The van der Waals surface area contributed by atoms with E-state index in [2.05, 4.69) is 42.3 Å². The van der Waals surface area contributed by atoms with Crippen molar-refractivity contribution in [3.63, 3.8) is 0 Å². The third-order valence-electron chi connectivity index (χ3n) is 3.84. The summed E-state index contributed by atoms with van der Waals surface area (Å²) in [5, 5.41) is 3.57. The minimum Gasteiger partial charge on any atom is -0.492 e. The molecule has 19 heavy (non-hydrogen) atoms. The number of hydrogen-bond donors (Lipinski definition) is 1. The Morgan fingerprint density at radius 1 is 1.32 bits per heavy atom. The number of nitrogens with one attached hydrogen (secondary N) is 1. The molecular formula is C16H26N2O. The molecule has 1 fully saturated rings. The van der Waals surface area contributed by atoms with Gasteiger partial charge in [0, 0.05) is 18.6 Å². The number of piperidine rings is 1. The Bertz CT molecular complexity index is 394. The van der Waals surface area contributed by atoms with Gasteiger partial charge < -0.3 is 15.0 Å². The highest BCUT2D eigenvalue weighted by molar-refractivity contribution is 5.59. The molecule has 1 aromatic carbocycles. The Morgan fingerprint density at radius 2 is 2.11 bits per heavy atom. The molecule has 106 valence electrons. The van der Waals surface area contributed by atoms with Gasteiger partial charge >= 0.3 is 0 Å². The first-order valence-electron chi connectivity index (χ1n) is 7.48. The quantitative estimate of drug-likeness (QED) is 0.882. The van der Waals surface area contributed by atoms with E-state index in [0.717, 1.165) is 25.4 Å². The van der Waals surface area contributed by atoms with Crippen LogP contribution in [0.4, 0.5) is 5.69 Å². The monoisotopic (exact) mass is 262 g/mol. The third-order valence-corrected chi connectivity index (χ3v) is 3.84. The van der Waals surface area contributed by atoms with Crippen LogP contribution in [0.5, 0.6) is 5.75 Å². The van der Waals surface area contributed by atoms with E-state index in [1.165, 1.54) is 18.5 Å². The topological polar surface area (TPSA) is 24.5 Å². The Kier molecular flexibility index (Phi) is 5.08. The van der Waals surface area contributed by atoms with E-state index in [1.54, 1.807) is 0 Å². The standard InChI is InChI=1S/C16H26N2O/c1-4-17-14-10-11-18(13(3)12-14)15-8-6-7-9-16(15)19-5-2/h6-9,13-14,17H,4-5,10-12H2,1-3H3. The third kappa shape index (κ3) is 3.41. The van der Waals surface area contributed by atoms with Gasteiger partial charge in [0.2, 0.25) is 0 Å². The highest BCUT2D eigenvalue weighted by atomic mass is 16.5. The molecule has 1 saturated heterocycles. The zero-order chi connectivity index (χ0) is 13.7. The van der Waals surface area contributed by atoms with Gasteiger partial charge in [-0.05, 0) is 45.4 Å². The smallest absolute Gasteiger partial charge is 0.142 e. The summed E-state index contributed by atoms with van der Waals surface area (Å²) in [4.78, 5) is 2.48. The number of hydrogen-bond acceptors (Lipinski definition) is 3. The molecule has 2 unspecified atom stereocenters. The molecule has 0 aromatic heterocycles. The van der Waals surface area contributed by atoms with Crippen LogP contribution < -0.4 is 15.0 Å². The van der Waals surface area contributed by atoms with E-state index in [0.29, 0.717) is 12.1 Å². The van der Waals surface area contributed by atoms with Gasteiger partial charge in [0.1, 0.15) is 5.75 Å². The van der Waals surface area contributed by atoms with Crippen molar-refractivity contribution in [2.24, 2.45) is 0 Å². The van der Waals surface area contributed by atoms with Gasteiger partial charge in [-0.25, -0.2) is 0 Å². The second kappa shape index (κ2) is 6.80. The van der Waals surface area contributed by atoms with Crippen LogP contribution in [0.25, 0.3) is 0 Å². The van der Waals surface area contributed by atoms with Crippen LogP contribution in [0.15, 0.2) is 24.3 Å². The predicted molar refractivity (Wildman–Crippen MR) is 81.1 cm³/mol. The molecule has 0 amide bonds. The summed E-state index contributed by atoms with van der Waals surface area (Å²) < 4.78 is 5.76. The van der Waals surface area contributed by atoms with Crippen molar-refractivity contribution < 1.29 is 4.74 Å². The number of rotatable bonds is 5. The first-order chi connectivity index (χ1) is 9.26. The van der Waals surface area contributed by atoms with Crippen LogP contribution in [-0.2, 0) is 0 Å². The van der Waals surface area contributed by atoms with Gasteiger partial charge in [-0.1, -0.05) is 19.1 Å². The van der Waals surface area contributed by atoms with Crippen molar-refractivity contribution >= 4 is 5.69 Å². The summed E-state index contributed by atoms with van der Waals surface area (Å²) in [5.41, 5.74) is 1.24. The summed E-state index contributed by atoms with van der Waals surface area (Å²) in [6.45, 7) is 9.42. The van der Waals surface area contributed by atoms with E-state index in [4.69, 9.17) is 4.74 Å². The normalized spacial score (nSPS) is 23.4. The number of nitrogens with zero attached hydrogens (tertiary/aromatic N) is 1. The van der Waals surface area contributed by atoms with Crippen LogP contribution in [0, 0.1) is 0 Å². The van der Waals surface area contributed by atoms with E-state index in [-0.39, 0.29) is 0 Å². The van der Waals surface area contributed by atoms with Crippen molar-refractivity contribution in [3.05, 3.63) is 24.3 Å². The van der Waals surface area contributed by atoms with Gasteiger partial charge in [-0.2, -0.15) is 0 Å². The van der Waals surface area contributed by atoms with Crippen molar-refractivity contribution in [2.75, 3.05) is 24.6 Å². The molecule has 1 heterocycles. The Labute approximate surface area is 116 Å². The number of ether oxygens (including phenoxy) is 1. The highest BCUT2D eigenvalue weighted by Gasteiger charge is 2.26. The summed E-state index contributed by atoms with van der Waals surface area (Å²) in [6.07, 6.45) is 2.41. The summed E-state index contributed by atoms with van der Waals surface area (Å²) in [5.74, 6) is 1.01. The summed E-state index contributed by atoms with van der Waals surface area (Å²) >= 11 is 0. The van der Waals surface area contributed by atoms with E-state index >= 15 is 0 Å². The van der Waals surface area contributed by atoms with Crippen LogP contribution in [0.3, 0.4) is 0 Å². The molecule has 0 bridgehead atoms. The fourth-order valence-corrected chi connectivity index (χ4v) is 2.98. The average Bonchev–Trinajstić information content (AvgIpc) is 2.41. The minimum atomic E-state index is 0.555. The van der Waals surface area contributed by atoms with Crippen molar-refractivity contribution in [3.8, 4) is 5.75 Å². The lowest BCUT2D eigenvalue weighted by molar-refractivity contribution is 0.333. The molecule has 2 rings (SSSR count). The number of anilines is 1. The maximum absolute atomic E-state index is 5.76. The summed E-state index contributed by atoms with van der Waals surface area (Å²) in [7, 11) is 0. The Balaban J connectivity index is 2.10. The lowest BCUT2D eigenvalue weighted by atomic mass is 9.97. The average molecular weight is 262 g/mol. The van der Waals surface area contributed by atoms with E-state index in [9.17, 15) is 0 Å². The van der Waals surface area contributed by atoms with Crippen LogP contribution in [0.1, 0.15) is 33.6 Å². The molecule has 2 atom stereocenters. The van der Waals surface area contributed by atoms with Gasteiger partial charge in [-0.3, -0.25) is 0 Å². The maximum Gasteiger partial charge on any atom is 0.142 e. The SMILES string of the molecule is CCNC1CCN(c2ccccc2OCC)C(C)C1. The maximum atomic E-state index is 5.76. The van der Waals surface area contributed by atoms with Crippen LogP contribution >= 0.6 is 0 Å². The van der Waals surface area contributed by atoms with Gasteiger partial charge in [0.15, 0.2) is 0 Å². The number of benzene rings is 1. The zero-order valence-electron chi connectivity index (χ0n) is 12.4. The summed E-state index contributed by atoms with van der Waals surface area (Å²) in [6, 6.07) is 9.61. The molecule has 0 aliphatic carbocycles. The van der Waals surface area contributed by atoms with Gasteiger partial charge in [0.05, 0.1) is 12.3 Å². The molecule has 3 nitrogen and oxygen atoms in total. The molecular weight excluding hydrogens is 236 g/mol. The Morgan fingerprint density at radius 3 is 2.79 bits per heavy atom. The second-order valence-electron chi connectivity index (χ2n) is 5.22. The molecule has 0 spiro atoms. The molecule has 0 saturated carbocycles.